The fourth-order valence-electron chi connectivity index (χ4n) is 3.07. The Bertz CT molecular complexity index is 1090. The molecule has 0 radical (unpaired) electrons. The lowest BCUT2D eigenvalue weighted by Crippen LogP contribution is -2.32. The van der Waals surface area contributed by atoms with E-state index in [4.69, 9.17) is 9.40 Å². The van der Waals surface area contributed by atoms with Crippen molar-refractivity contribution < 1.29 is 9.21 Å². The Morgan fingerprint density at radius 2 is 2.17 bits per heavy atom. The molecule has 3 heterocycles. The lowest BCUT2D eigenvalue weighted by molar-refractivity contribution is 0.0958. The highest BCUT2D eigenvalue weighted by molar-refractivity contribution is 9.10. The number of para-hydroxylation sites is 1. The number of amides is 1. The van der Waals surface area contributed by atoms with Gasteiger partial charge in [0.1, 0.15) is 0 Å². The summed E-state index contributed by atoms with van der Waals surface area (Å²) in [7, 11) is 0. The summed E-state index contributed by atoms with van der Waals surface area (Å²) >= 11 is 4.80. The first-order valence-electron chi connectivity index (χ1n) is 9.07. The number of fused-ring (bicyclic) bond motifs is 1. The number of furan rings is 1. The summed E-state index contributed by atoms with van der Waals surface area (Å²) in [6.45, 7) is 3.43. The summed E-state index contributed by atoms with van der Waals surface area (Å²) in [6, 6.07) is 9.58. The summed E-state index contributed by atoms with van der Waals surface area (Å²) in [5.74, 6) is 0.109. The number of carbonyl (C=O) groups excluding carboxylic acids is 1. The maximum absolute atomic E-state index is 13.1. The van der Waals surface area contributed by atoms with Crippen LogP contribution in [0.15, 0.2) is 58.1 Å². The van der Waals surface area contributed by atoms with Gasteiger partial charge in [-0.15, -0.1) is 12.4 Å². The molecule has 0 unspecified atom stereocenters. The topological polar surface area (TPSA) is 64.2 Å². The Morgan fingerprint density at radius 3 is 2.86 bits per heavy atom. The number of imidazole rings is 1. The number of aromatic nitrogens is 3. The Balaban J connectivity index is 0.00000240. The van der Waals surface area contributed by atoms with Gasteiger partial charge in [0.15, 0.2) is 15.6 Å². The highest BCUT2D eigenvalue weighted by Gasteiger charge is 2.24. The Morgan fingerprint density at radius 1 is 1.31 bits per heavy atom. The van der Waals surface area contributed by atoms with E-state index in [-0.39, 0.29) is 18.3 Å². The molecule has 29 heavy (non-hydrogen) atoms. The van der Waals surface area contributed by atoms with E-state index < -0.39 is 0 Å². The van der Waals surface area contributed by atoms with Crippen LogP contribution in [0, 0.1) is 0 Å². The minimum absolute atomic E-state index is 0. The van der Waals surface area contributed by atoms with E-state index in [0.717, 1.165) is 29.6 Å². The molecular weight excluding hydrogens is 476 g/mol. The van der Waals surface area contributed by atoms with Crippen molar-refractivity contribution in [2.75, 3.05) is 11.4 Å². The van der Waals surface area contributed by atoms with Gasteiger partial charge >= 0.3 is 0 Å². The zero-order valence-corrected chi connectivity index (χ0v) is 19.0. The molecule has 4 rings (SSSR count). The summed E-state index contributed by atoms with van der Waals surface area (Å²) in [5.41, 5.74) is 2.16. The molecule has 0 fully saturated rings. The van der Waals surface area contributed by atoms with Crippen LogP contribution in [0.2, 0.25) is 0 Å². The number of nitrogens with zero attached hydrogens (tertiary/aromatic N) is 4. The summed E-state index contributed by atoms with van der Waals surface area (Å²) in [5, 5.41) is 0.694. The SMILES string of the molecule is CCc1cccc2sc(N(CCCn3ccnc3)C(=O)c3ccc(Br)o3)nc12.Cl. The predicted molar refractivity (Wildman–Crippen MR) is 121 cm³/mol. The van der Waals surface area contributed by atoms with Gasteiger partial charge < -0.3 is 8.98 Å². The lowest BCUT2D eigenvalue weighted by Gasteiger charge is -2.18. The highest BCUT2D eigenvalue weighted by atomic mass is 79.9. The predicted octanol–water partition coefficient (Wildman–Crippen LogP) is 5.57. The molecule has 0 aliphatic rings. The van der Waals surface area contributed by atoms with Crippen molar-refractivity contribution in [3.8, 4) is 0 Å². The van der Waals surface area contributed by atoms with Gasteiger partial charge in [-0.25, -0.2) is 9.97 Å². The van der Waals surface area contributed by atoms with Crippen LogP contribution >= 0.6 is 39.7 Å². The average molecular weight is 496 g/mol. The second-order valence-corrected chi connectivity index (χ2v) is 8.12. The van der Waals surface area contributed by atoms with E-state index in [0.29, 0.717) is 22.1 Å². The zero-order chi connectivity index (χ0) is 19.5. The van der Waals surface area contributed by atoms with Crippen LogP contribution in [-0.2, 0) is 13.0 Å². The van der Waals surface area contributed by atoms with Crippen LogP contribution in [0.3, 0.4) is 0 Å². The van der Waals surface area contributed by atoms with Crippen LogP contribution in [0.25, 0.3) is 10.2 Å². The highest BCUT2D eigenvalue weighted by Crippen LogP contribution is 2.32. The van der Waals surface area contributed by atoms with E-state index in [1.165, 1.54) is 16.9 Å². The first kappa shape index (κ1) is 21.5. The van der Waals surface area contributed by atoms with E-state index >= 15 is 0 Å². The van der Waals surface area contributed by atoms with Crippen molar-refractivity contribution in [3.05, 3.63) is 65.0 Å². The molecule has 4 aromatic rings. The molecular formula is C20H20BrClN4O2S. The van der Waals surface area contributed by atoms with Crippen molar-refractivity contribution in [2.24, 2.45) is 0 Å². The van der Waals surface area contributed by atoms with Gasteiger partial charge in [0.25, 0.3) is 5.91 Å². The van der Waals surface area contributed by atoms with Gasteiger partial charge in [-0.2, -0.15) is 0 Å². The molecule has 3 aromatic heterocycles. The number of thiazole rings is 1. The number of aryl methyl sites for hydroxylation is 2. The van der Waals surface area contributed by atoms with Gasteiger partial charge in [-0.3, -0.25) is 9.69 Å². The third-order valence-corrected chi connectivity index (χ3v) is 5.96. The molecule has 1 amide bonds. The fraction of sp³-hybridized carbons (Fsp3) is 0.250. The summed E-state index contributed by atoms with van der Waals surface area (Å²) in [4.78, 5) is 23.7. The fourth-order valence-corrected chi connectivity index (χ4v) is 4.42. The third kappa shape index (κ3) is 4.71. The van der Waals surface area contributed by atoms with E-state index in [1.54, 1.807) is 29.6 Å². The van der Waals surface area contributed by atoms with Crippen LogP contribution in [0.5, 0.6) is 0 Å². The molecule has 1 aromatic carbocycles. The minimum Gasteiger partial charge on any atom is -0.444 e. The van der Waals surface area contributed by atoms with Gasteiger partial charge in [0.2, 0.25) is 0 Å². The van der Waals surface area contributed by atoms with Crippen molar-refractivity contribution in [3.63, 3.8) is 0 Å². The Kier molecular flexibility index (Phi) is 7.10. The number of hydrogen-bond donors (Lipinski definition) is 0. The first-order chi connectivity index (χ1) is 13.7. The molecule has 0 bridgehead atoms. The second kappa shape index (κ2) is 9.56. The smallest absolute Gasteiger partial charge is 0.295 e. The zero-order valence-electron chi connectivity index (χ0n) is 15.7. The molecule has 0 aliphatic heterocycles. The molecule has 0 N–H and O–H groups in total. The van der Waals surface area contributed by atoms with Gasteiger partial charge in [0, 0.05) is 25.5 Å². The van der Waals surface area contributed by atoms with Gasteiger partial charge in [0.05, 0.1) is 16.5 Å². The molecule has 6 nitrogen and oxygen atoms in total. The van der Waals surface area contributed by atoms with Crippen LogP contribution in [0.1, 0.15) is 29.5 Å². The molecule has 0 spiro atoms. The molecule has 0 aliphatic carbocycles. The van der Waals surface area contributed by atoms with Crippen molar-refractivity contribution in [1.82, 2.24) is 14.5 Å². The largest absolute Gasteiger partial charge is 0.444 e. The maximum atomic E-state index is 13.1. The molecule has 9 heteroatoms. The van der Waals surface area contributed by atoms with E-state index in [2.05, 4.69) is 33.9 Å². The number of rotatable bonds is 7. The average Bonchev–Trinajstić information content (AvgIpc) is 3.44. The number of anilines is 1. The number of hydrogen-bond acceptors (Lipinski definition) is 5. The van der Waals surface area contributed by atoms with E-state index in [9.17, 15) is 4.79 Å². The Hall–Kier alpha value is -2.16. The normalized spacial score (nSPS) is 10.8. The third-order valence-electron chi connectivity index (χ3n) is 4.49. The summed E-state index contributed by atoms with van der Waals surface area (Å²) in [6.07, 6.45) is 7.13. The van der Waals surface area contributed by atoms with Crippen LogP contribution in [-0.4, -0.2) is 27.0 Å². The lowest BCUT2D eigenvalue weighted by atomic mass is 10.1. The molecule has 0 saturated carbocycles. The second-order valence-electron chi connectivity index (χ2n) is 6.33. The van der Waals surface area contributed by atoms with Crippen LogP contribution < -0.4 is 4.90 Å². The summed E-state index contributed by atoms with van der Waals surface area (Å²) < 4.78 is 9.13. The standard InChI is InChI=1S/C20H19BrN4O2S.ClH/c1-2-14-5-3-6-16-18(14)23-20(28-16)25(11-4-10-24-12-9-22-13-24)19(26)15-7-8-17(21)27-15;/h3,5-9,12-13H,2,4,10-11H2,1H3;1H. The Labute approximate surface area is 187 Å². The van der Waals surface area contributed by atoms with Gasteiger partial charge in [-0.05, 0) is 52.5 Å². The van der Waals surface area contributed by atoms with Crippen molar-refractivity contribution in [1.29, 1.82) is 0 Å². The van der Waals surface area contributed by atoms with Crippen LogP contribution in [0.4, 0.5) is 5.13 Å². The molecule has 0 saturated heterocycles. The number of benzene rings is 1. The molecule has 152 valence electrons. The number of carbonyl (C=O) groups is 1. The number of halogens is 2. The van der Waals surface area contributed by atoms with E-state index in [1.807, 2.05) is 22.9 Å². The quantitative estimate of drug-likeness (QED) is 0.336. The maximum Gasteiger partial charge on any atom is 0.295 e. The van der Waals surface area contributed by atoms with Crippen molar-refractivity contribution in [2.45, 2.75) is 26.3 Å². The monoisotopic (exact) mass is 494 g/mol. The molecule has 0 atom stereocenters. The van der Waals surface area contributed by atoms with Crippen molar-refractivity contribution >= 4 is 60.9 Å². The van der Waals surface area contributed by atoms with Gasteiger partial charge in [-0.1, -0.05) is 30.4 Å². The first-order valence-corrected chi connectivity index (χ1v) is 10.7. The minimum atomic E-state index is -0.187.